The highest BCUT2D eigenvalue weighted by molar-refractivity contribution is 14.1. The molecule has 5 heteroatoms. The van der Waals surface area contributed by atoms with E-state index < -0.39 is 0 Å². The quantitative estimate of drug-likeness (QED) is 0.613. The SMILES string of the molecule is O=Cc1ccc2c(c1)c(I)nn2C1CCCCO1. The van der Waals surface area contributed by atoms with Gasteiger partial charge in [-0.1, -0.05) is 0 Å². The van der Waals surface area contributed by atoms with Gasteiger partial charge in [-0.2, -0.15) is 5.10 Å². The van der Waals surface area contributed by atoms with E-state index in [-0.39, 0.29) is 6.23 Å². The molecule has 1 fully saturated rings. The molecule has 1 aliphatic heterocycles. The minimum Gasteiger partial charge on any atom is -0.356 e. The van der Waals surface area contributed by atoms with Crippen molar-refractivity contribution in [1.82, 2.24) is 9.78 Å². The Morgan fingerprint density at radius 1 is 1.44 bits per heavy atom. The Bertz CT molecular complexity index is 588. The van der Waals surface area contributed by atoms with E-state index in [2.05, 4.69) is 27.7 Å². The molecule has 1 aromatic heterocycles. The smallest absolute Gasteiger partial charge is 0.150 e. The molecule has 1 atom stereocenters. The molecule has 1 saturated heterocycles. The summed E-state index contributed by atoms with van der Waals surface area (Å²) >= 11 is 2.20. The number of benzene rings is 1. The van der Waals surface area contributed by atoms with Crippen molar-refractivity contribution in [2.75, 3.05) is 6.61 Å². The molecule has 0 saturated carbocycles. The molecule has 0 bridgehead atoms. The van der Waals surface area contributed by atoms with Crippen LogP contribution in [-0.4, -0.2) is 22.7 Å². The maximum Gasteiger partial charge on any atom is 0.150 e. The number of aldehydes is 1. The molecule has 0 N–H and O–H groups in total. The van der Waals surface area contributed by atoms with Crippen LogP contribution in [0.25, 0.3) is 10.9 Å². The largest absolute Gasteiger partial charge is 0.356 e. The first-order chi connectivity index (χ1) is 8.79. The van der Waals surface area contributed by atoms with Crippen LogP contribution >= 0.6 is 22.6 Å². The average Bonchev–Trinajstić information content (AvgIpc) is 2.77. The first-order valence-electron chi connectivity index (χ1n) is 6.04. The number of ether oxygens (including phenoxy) is 1. The summed E-state index contributed by atoms with van der Waals surface area (Å²) in [5.74, 6) is 0. The van der Waals surface area contributed by atoms with Gasteiger partial charge in [-0.05, 0) is 60.1 Å². The standard InChI is InChI=1S/C13H13IN2O2/c14-13-10-7-9(8-17)4-5-11(10)16(15-13)12-3-1-2-6-18-12/h4-5,7-8,12H,1-3,6H2. The number of carbonyl (C=O) groups excluding carboxylic acids is 1. The van der Waals surface area contributed by atoms with E-state index in [0.29, 0.717) is 5.56 Å². The molecule has 1 aliphatic rings. The summed E-state index contributed by atoms with van der Waals surface area (Å²) in [6.45, 7) is 0.801. The maximum atomic E-state index is 10.8. The second kappa shape index (κ2) is 4.97. The van der Waals surface area contributed by atoms with Gasteiger partial charge in [0.1, 0.15) is 9.99 Å². The van der Waals surface area contributed by atoms with E-state index in [4.69, 9.17) is 4.74 Å². The van der Waals surface area contributed by atoms with Crippen LogP contribution in [0, 0.1) is 3.70 Å². The third-order valence-electron chi connectivity index (χ3n) is 3.25. The summed E-state index contributed by atoms with van der Waals surface area (Å²) in [7, 11) is 0. The van der Waals surface area contributed by atoms with Crippen molar-refractivity contribution in [3.05, 3.63) is 27.5 Å². The van der Waals surface area contributed by atoms with Crippen molar-refractivity contribution in [2.24, 2.45) is 0 Å². The van der Waals surface area contributed by atoms with E-state index >= 15 is 0 Å². The highest BCUT2D eigenvalue weighted by atomic mass is 127. The number of carbonyl (C=O) groups is 1. The summed E-state index contributed by atoms with van der Waals surface area (Å²) in [6, 6.07) is 5.66. The molecule has 0 radical (unpaired) electrons. The highest BCUT2D eigenvalue weighted by Crippen LogP contribution is 2.29. The van der Waals surface area contributed by atoms with Crippen LogP contribution in [0.2, 0.25) is 0 Å². The first-order valence-corrected chi connectivity index (χ1v) is 7.12. The molecule has 3 rings (SSSR count). The molecule has 0 spiro atoms. The van der Waals surface area contributed by atoms with Gasteiger partial charge in [-0.25, -0.2) is 4.68 Å². The molecule has 94 valence electrons. The molecular formula is C13H13IN2O2. The van der Waals surface area contributed by atoms with E-state index in [1.54, 1.807) is 0 Å². The number of aromatic nitrogens is 2. The number of nitrogens with zero attached hydrogens (tertiary/aromatic N) is 2. The second-order valence-electron chi connectivity index (χ2n) is 4.45. The van der Waals surface area contributed by atoms with Gasteiger partial charge in [0.2, 0.25) is 0 Å². The van der Waals surface area contributed by atoms with E-state index in [0.717, 1.165) is 40.3 Å². The molecule has 2 aromatic rings. The Morgan fingerprint density at radius 2 is 2.33 bits per heavy atom. The van der Waals surface area contributed by atoms with Crippen molar-refractivity contribution in [3.63, 3.8) is 0 Å². The predicted octanol–water partition coefficient (Wildman–Crippen LogP) is 3.15. The number of rotatable bonds is 2. The van der Waals surface area contributed by atoms with Crippen molar-refractivity contribution in [3.8, 4) is 0 Å². The third kappa shape index (κ3) is 2.05. The molecule has 0 aliphatic carbocycles. The van der Waals surface area contributed by atoms with Crippen molar-refractivity contribution in [1.29, 1.82) is 0 Å². The Balaban J connectivity index is 2.09. The summed E-state index contributed by atoms with van der Waals surface area (Å²) in [6.07, 6.45) is 4.20. The van der Waals surface area contributed by atoms with Crippen LogP contribution in [0.3, 0.4) is 0 Å². The first kappa shape index (κ1) is 12.1. The van der Waals surface area contributed by atoms with Crippen LogP contribution in [0.15, 0.2) is 18.2 Å². The molecule has 4 nitrogen and oxygen atoms in total. The molecule has 18 heavy (non-hydrogen) atoms. The normalized spacial score (nSPS) is 20.2. The van der Waals surface area contributed by atoms with Crippen LogP contribution in [-0.2, 0) is 4.74 Å². The summed E-state index contributed by atoms with van der Waals surface area (Å²) in [5, 5.41) is 5.57. The summed E-state index contributed by atoms with van der Waals surface area (Å²) < 4.78 is 8.64. The summed E-state index contributed by atoms with van der Waals surface area (Å²) in [5.41, 5.74) is 1.72. The maximum absolute atomic E-state index is 10.8. The molecule has 1 aromatic carbocycles. The van der Waals surface area contributed by atoms with E-state index in [1.165, 1.54) is 6.42 Å². The van der Waals surface area contributed by atoms with Crippen LogP contribution in [0.4, 0.5) is 0 Å². The topological polar surface area (TPSA) is 44.1 Å². The molecule has 2 heterocycles. The lowest BCUT2D eigenvalue weighted by Crippen LogP contribution is -2.19. The Morgan fingerprint density at radius 3 is 3.06 bits per heavy atom. The van der Waals surface area contributed by atoms with Gasteiger partial charge in [0.05, 0.1) is 5.52 Å². The number of halogens is 1. The third-order valence-corrected chi connectivity index (χ3v) is 4.05. The van der Waals surface area contributed by atoms with Crippen molar-refractivity contribution in [2.45, 2.75) is 25.5 Å². The molecule has 0 amide bonds. The van der Waals surface area contributed by atoms with Crippen molar-refractivity contribution >= 4 is 39.8 Å². The lowest BCUT2D eigenvalue weighted by atomic mass is 10.1. The zero-order chi connectivity index (χ0) is 12.5. The number of fused-ring (bicyclic) bond motifs is 1. The molecular weight excluding hydrogens is 343 g/mol. The van der Waals surface area contributed by atoms with Gasteiger partial charge < -0.3 is 4.74 Å². The number of hydrogen-bond donors (Lipinski definition) is 0. The van der Waals surface area contributed by atoms with Crippen molar-refractivity contribution < 1.29 is 9.53 Å². The van der Waals surface area contributed by atoms with Crippen LogP contribution in [0.5, 0.6) is 0 Å². The van der Waals surface area contributed by atoms with Gasteiger partial charge >= 0.3 is 0 Å². The van der Waals surface area contributed by atoms with Gasteiger partial charge in [0.25, 0.3) is 0 Å². The van der Waals surface area contributed by atoms with E-state index in [1.807, 2.05) is 22.9 Å². The highest BCUT2D eigenvalue weighted by Gasteiger charge is 2.20. The second-order valence-corrected chi connectivity index (χ2v) is 5.47. The minimum atomic E-state index is 0.0341. The van der Waals surface area contributed by atoms with Gasteiger partial charge in [-0.15, -0.1) is 0 Å². The fraction of sp³-hybridized carbons (Fsp3) is 0.385. The lowest BCUT2D eigenvalue weighted by molar-refractivity contribution is -0.0368. The van der Waals surface area contributed by atoms with E-state index in [9.17, 15) is 4.79 Å². The zero-order valence-corrected chi connectivity index (χ0v) is 12.0. The average molecular weight is 356 g/mol. The Kier molecular flexibility index (Phi) is 3.34. The van der Waals surface area contributed by atoms with Crippen LogP contribution in [0.1, 0.15) is 35.8 Å². The summed E-state index contributed by atoms with van der Waals surface area (Å²) in [4.78, 5) is 10.8. The Hall–Kier alpha value is -0.950. The zero-order valence-electron chi connectivity index (χ0n) is 9.80. The predicted molar refractivity (Wildman–Crippen MR) is 76.7 cm³/mol. The fourth-order valence-corrected chi connectivity index (χ4v) is 2.99. The van der Waals surface area contributed by atoms with Gasteiger partial charge in [-0.3, -0.25) is 4.79 Å². The van der Waals surface area contributed by atoms with Gasteiger partial charge in [0.15, 0.2) is 6.23 Å². The lowest BCUT2D eigenvalue weighted by Gasteiger charge is -2.23. The Labute approximate surface area is 118 Å². The number of hydrogen-bond acceptors (Lipinski definition) is 3. The van der Waals surface area contributed by atoms with Gasteiger partial charge in [0, 0.05) is 17.6 Å². The fourth-order valence-electron chi connectivity index (χ4n) is 2.33. The minimum absolute atomic E-state index is 0.0341. The molecule has 1 unspecified atom stereocenters. The monoisotopic (exact) mass is 356 g/mol. The van der Waals surface area contributed by atoms with Crippen LogP contribution < -0.4 is 0 Å².